The first-order chi connectivity index (χ1) is 12.3. The fraction of sp³-hybridized carbons (Fsp3) is 0.474. The second-order valence-electron chi connectivity index (χ2n) is 6.47. The van der Waals surface area contributed by atoms with Crippen molar-refractivity contribution >= 4 is 45.6 Å². The number of aliphatic imine (C=N–C) groups is 1. The molecule has 0 bridgehead atoms. The molecule has 1 fully saturated rings. The van der Waals surface area contributed by atoms with E-state index in [0.717, 1.165) is 34.6 Å². The minimum Gasteiger partial charge on any atom is -0.451 e. The number of amides is 1. The van der Waals surface area contributed by atoms with Crippen molar-refractivity contribution in [2.24, 2.45) is 4.99 Å². The van der Waals surface area contributed by atoms with Crippen LogP contribution in [-0.4, -0.2) is 28.6 Å². The molecular weight excluding hydrogens is 352 g/mol. The maximum Gasteiger partial charge on any atom is 0.293 e. The van der Waals surface area contributed by atoms with Crippen molar-refractivity contribution in [1.82, 2.24) is 5.32 Å². The van der Waals surface area contributed by atoms with Crippen molar-refractivity contribution in [3.63, 3.8) is 0 Å². The number of fused-ring (bicyclic) bond motifs is 1. The Balaban J connectivity index is 1.57. The van der Waals surface area contributed by atoms with Crippen LogP contribution in [0.15, 0.2) is 33.7 Å². The molecule has 0 atom stereocenters. The first-order valence-corrected chi connectivity index (χ1v) is 11.0. The average molecular weight is 375 g/mol. The number of thioether (sulfide) groups is 2. The van der Waals surface area contributed by atoms with E-state index in [4.69, 9.17) is 4.42 Å². The molecule has 6 heteroatoms. The third kappa shape index (κ3) is 3.90. The van der Waals surface area contributed by atoms with Crippen LogP contribution in [0.4, 0.5) is 0 Å². The van der Waals surface area contributed by atoms with E-state index < -0.39 is 0 Å². The van der Waals surface area contributed by atoms with Crippen LogP contribution in [0, 0.1) is 0 Å². The Bertz CT molecular complexity index is 794. The summed E-state index contributed by atoms with van der Waals surface area (Å²) >= 11 is 3.55. The van der Waals surface area contributed by atoms with Crippen molar-refractivity contribution in [1.29, 1.82) is 0 Å². The summed E-state index contributed by atoms with van der Waals surface area (Å²) in [5, 5.41) is 5.37. The van der Waals surface area contributed by atoms with Gasteiger partial charge in [-0.2, -0.15) is 11.8 Å². The van der Waals surface area contributed by atoms with Crippen LogP contribution in [0.2, 0.25) is 0 Å². The van der Waals surface area contributed by atoms with Gasteiger partial charge in [0.15, 0.2) is 10.9 Å². The zero-order valence-corrected chi connectivity index (χ0v) is 15.8. The summed E-state index contributed by atoms with van der Waals surface area (Å²) in [5.74, 6) is 2.02. The summed E-state index contributed by atoms with van der Waals surface area (Å²) in [7, 11) is 0. The zero-order valence-electron chi connectivity index (χ0n) is 14.1. The van der Waals surface area contributed by atoms with Gasteiger partial charge >= 0.3 is 0 Å². The maximum atomic E-state index is 12.7. The summed E-state index contributed by atoms with van der Waals surface area (Å²) in [6.07, 6.45) is 6.59. The quantitative estimate of drug-likeness (QED) is 0.833. The molecule has 1 aliphatic carbocycles. The van der Waals surface area contributed by atoms with E-state index in [1.54, 1.807) is 11.8 Å². The summed E-state index contributed by atoms with van der Waals surface area (Å²) in [6.45, 7) is 0.769. The Kier molecular flexibility index (Phi) is 5.36. The average Bonchev–Trinajstić information content (AvgIpc) is 3.28. The normalized spacial score (nSPS) is 18.5. The molecule has 1 amide bonds. The second-order valence-corrected chi connectivity index (χ2v) is 8.84. The maximum absolute atomic E-state index is 12.7. The van der Waals surface area contributed by atoms with Crippen LogP contribution in [0.5, 0.6) is 0 Å². The number of rotatable bonds is 4. The second kappa shape index (κ2) is 7.87. The number of furan rings is 1. The predicted octanol–water partition coefficient (Wildman–Crippen LogP) is 4.83. The summed E-state index contributed by atoms with van der Waals surface area (Å²) < 4.78 is 5.92. The van der Waals surface area contributed by atoms with Gasteiger partial charge in [0.25, 0.3) is 5.91 Å². The molecule has 2 aromatic rings. The van der Waals surface area contributed by atoms with E-state index in [1.165, 1.54) is 32.1 Å². The van der Waals surface area contributed by atoms with Crippen LogP contribution in [-0.2, 0) is 5.75 Å². The predicted molar refractivity (Wildman–Crippen MR) is 107 cm³/mol. The van der Waals surface area contributed by atoms with Crippen LogP contribution in [0.25, 0.3) is 11.0 Å². The molecule has 25 heavy (non-hydrogen) atoms. The van der Waals surface area contributed by atoms with E-state index in [2.05, 4.69) is 10.3 Å². The van der Waals surface area contributed by atoms with Crippen LogP contribution in [0.1, 0.15) is 48.2 Å². The van der Waals surface area contributed by atoms with E-state index in [1.807, 2.05) is 36.0 Å². The highest BCUT2D eigenvalue weighted by Crippen LogP contribution is 2.35. The molecule has 0 spiro atoms. The molecule has 0 radical (unpaired) electrons. The van der Waals surface area contributed by atoms with E-state index in [0.29, 0.717) is 16.2 Å². The molecule has 4 rings (SSSR count). The number of carbonyl (C=O) groups excluding carboxylic acids is 1. The highest BCUT2D eigenvalue weighted by Gasteiger charge is 2.24. The minimum absolute atomic E-state index is 0.177. The first kappa shape index (κ1) is 17.0. The third-order valence-corrected chi connectivity index (χ3v) is 7.02. The van der Waals surface area contributed by atoms with Crippen molar-refractivity contribution in [2.45, 2.75) is 43.1 Å². The summed E-state index contributed by atoms with van der Waals surface area (Å²) in [4.78, 5) is 17.0. The number of hydrogen-bond acceptors (Lipinski definition) is 5. The number of benzene rings is 1. The molecule has 0 unspecified atom stereocenters. The lowest BCUT2D eigenvalue weighted by atomic mass is 10.0. The first-order valence-electron chi connectivity index (χ1n) is 8.92. The van der Waals surface area contributed by atoms with Gasteiger partial charge in [0, 0.05) is 27.7 Å². The number of hydrogen-bond donors (Lipinski definition) is 1. The molecule has 132 valence electrons. The lowest BCUT2D eigenvalue weighted by Crippen LogP contribution is -2.27. The monoisotopic (exact) mass is 374 g/mol. The summed E-state index contributed by atoms with van der Waals surface area (Å²) in [6, 6.07) is 7.94. The highest BCUT2D eigenvalue weighted by molar-refractivity contribution is 8.14. The molecular formula is C19H22N2O2S2. The molecule has 1 aromatic heterocycles. The Labute approximate surface area is 156 Å². The van der Waals surface area contributed by atoms with Crippen LogP contribution < -0.4 is 5.32 Å². The number of amidine groups is 1. The molecule has 1 aliphatic heterocycles. The lowest BCUT2D eigenvalue weighted by Gasteiger charge is -2.20. The van der Waals surface area contributed by atoms with Crippen molar-refractivity contribution in [2.75, 3.05) is 12.3 Å². The van der Waals surface area contributed by atoms with Gasteiger partial charge in [0.2, 0.25) is 0 Å². The van der Waals surface area contributed by atoms with E-state index >= 15 is 0 Å². The molecule has 4 nitrogen and oxygen atoms in total. The largest absolute Gasteiger partial charge is 0.451 e. The third-order valence-electron chi connectivity index (χ3n) is 4.73. The molecule has 2 heterocycles. The fourth-order valence-corrected chi connectivity index (χ4v) is 5.50. The smallest absolute Gasteiger partial charge is 0.293 e. The van der Waals surface area contributed by atoms with E-state index in [9.17, 15) is 4.79 Å². The van der Waals surface area contributed by atoms with Gasteiger partial charge in [-0.3, -0.25) is 15.1 Å². The van der Waals surface area contributed by atoms with Crippen LogP contribution in [0.3, 0.4) is 0 Å². The number of para-hydroxylation sites is 1. The van der Waals surface area contributed by atoms with Gasteiger partial charge in [-0.15, -0.1) is 0 Å². The zero-order chi connectivity index (χ0) is 17.1. The fourth-order valence-electron chi connectivity index (χ4n) is 3.42. The Hall–Kier alpha value is -1.40. The standard InChI is InChI=1S/C19H22N2O2S2/c22-18(21-19-20-10-11-24-19)17-15(12-25-13-6-2-1-3-7-13)14-8-4-5-9-16(14)23-17/h4-5,8-9,13H,1-3,6-7,10-12H2,(H,20,21,22). The molecule has 0 saturated heterocycles. The minimum atomic E-state index is -0.177. The van der Waals surface area contributed by atoms with E-state index in [-0.39, 0.29) is 5.91 Å². The number of nitrogens with zero attached hydrogens (tertiary/aromatic N) is 1. The van der Waals surface area contributed by atoms with Crippen molar-refractivity contribution in [3.05, 3.63) is 35.6 Å². The van der Waals surface area contributed by atoms with Crippen molar-refractivity contribution < 1.29 is 9.21 Å². The van der Waals surface area contributed by atoms with Gasteiger partial charge in [-0.05, 0) is 18.9 Å². The topological polar surface area (TPSA) is 54.6 Å². The van der Waals surface area contributed by atoms with Gasteiger partial charge < -0.3 is 4.42 Å². The van der Waals surface area contributed by atoms with Gasteiger partial charge in [-0.1, -0.05) is 49.2 Å². The van der Waals surface area contributed by atoms with Crippen LogP contribution >= 0.6 is 23.5 Å². The molecule has 1 N–H and O–H groups in total. The number of nitrogens with one attached hydrogen (secondary N) is 1. The van der Waals surface area contributed by atoms with Gasteiger partial charge in [0.05, 0.1) is 6.54 Å². The Morgan fingerprint density at radius 3 is 2.92 bits per heavy atom. The van der Waals surface area contributed by atoms with Gasteiger partial charge in [-0.25, -0.2) is 0 Å². The molecule has 2 aliphatic rings. The molecule has 1 saturated carbocycles. The SMILES string of the molecule is O=C(NC1=NCCS1)c1oc2ccccc2c1CSC1CCCCC1. The van der Waals surface area contributed by atoms with Crippen molar-refractivity contribution in [3.8, 4) is 0 Å². The Morgan fingerprint density at radius 2 is 2.12 bits per heavy atom. The summed E-state index contributed by atoms with van der Waals surface area (Å²) in [5.41, 5.74) is 1.81. The molecule has 1 aromatic carbocycles. The lowest BCUT2D eigenvalue weighted by molar-refractivity contribution is 0.0952. The Morgan fingerprint density at radius 1 is 1.28 bits per heavy atom. The number of carbonyl (C=O) groups is 1. The highest BCUT2D eigenvalue weighted by atomic mass is 32.2. The van der Waals surface area contributed by atoms with Gasteiger partial charge in [0.1, 0.15) is 5.58 Å².